The molecule has 1 aliphatic heterocycles. The first-order valence-electron chi connectivity index (χ1n) is 9.35. The average Bonchev–Trinajstić information content (AvgIpc) is 2.67. The highest BCUT2D eigenvalue weighted by Gasteiger charge is 2.27. The van der Waals surface area contributed by atoms with Gasteiger partial charge in [-0.25, -0.2) is 13.8 Å². The first-order chi connectivity index (χ1) is 13.4. The molecule has 2 heterocycles. The standard InChI is InChI=1S/C22H22F2N4.ClH/c1-13-14(2)25-22(26-19-7-4-17(23)5-8-19)27-21(13)28-11-10-16-12-18(24)6-9-20(16)15(28)3;/h4-9,12,15H,10-11H2,1-3H3,(H,25,26,27);1H. The van der Waals surface area contributed by atoms with Gasteiger partial charge in [0.1, 0.15) is 17.5 Å². The molecule has 0 radical (unpaired) electrons. The van der Waals surface area contributed by atoms with Gasteiger partial charge in [0.15, 0.2) is 0 Å². The minimum absolute atomic E-state index is 0. The molecule has 0 aliphatic carbocycles. The first kappa shape index (κ1) is 21.0. The van der Waals surface area contributed by atoms with Crippen molar-refractivity contribution in [2.45, 2.75) is 33.2 Å². The van der Waals surface area contributed by atoms with Gasteiger partial charge < -0.3 is 10.2 Å². The lowest BCUT2D eigenvalue weighted by Gasteiger charge is -2.37. The van der Waals surface area contributed by atoms with Gasteiger partial charge in [0.25, 0.3) is 0 Å². The number of hydrogen-bond donors (Lipinski definition) is 1. The number of hydrogen-bond acceptors (Lipinski definition) is 4. The van der Waals surface area contributed by atoms with Crippen molar-refractivity contribution in [2.75, 3.05) is 16.8 Å². The summed E-state index contributed by atoms with van der Waals surface area (Å²) in [5, 5.41) is 3.15. The van der Waals surface area contributed by atoms with Crippen LogP contribution >= 0.6 is 12.4 Å². The van der Waals surface area contributed by atoms with Crippen LogP contribution in [0.5, 0.6) is 0 Å². The molecule has 0 spiro atoms. The lowest BCUT2D eigenvalue weighted by Crippen LogP contribution is -2.35. The predicted octanol–water partition coefficient (Wildman–Crippen LogP) is 5.66. The summed E-state index contributed by atoms with van der Waals surface area (Å²) >= 11 is 0. The number of rotatable bonds is 3. The van der Waals surface area contributed by atoms with E-state index in [-0.39, 0.29) is 30.1 Å². The number of fused-ring (bicyclic) bond motifs is 1. The Kier molecular flexibility index (Phi) is 6.03. The molecule has 1 atom stereocenters. The van der Waals surface area contributed by atoms with E-state index in [9.17, 15) is 8.78 Å². The molecule has 3 aromatic rings. The van der Waals surface area contributed by atoms with Crippen molar-refractivity contribution in [3.63, 3.8) is 0 Å². The quantitative estimate of drug-likeness (QED) is 0.598. The van der Waals surface area contributed by atoms with E-state index in [1.165, 1.54) is 18.2 Å². The Bertz CT molecular complexity index is 1020. The molecule has 1 N–H and O–H groups in total. The maximum absolute atomic E-state index is 13.6. The second-order valence-electron chi connectivity index (χ2n) is 7.18. The molecule has 2 aromatic carbocycles. The lowest BCUT2D eigenvalue weighted by atomic mass is 9.93. The van der Waals surface area contributed by atoms with E-state index >= 15 is 0 Å². The highest BCUT2D eigenvalue weighted by molar-refractivity contribution is 5.85. The molecule has 152 valence electrons. The van der Waals surface area contributed by atoms with Crippen molar-refractivity contribution < 1.29 is 8.78 Å². The molecule has 0 fully saturated rings. The molecule has 0 amide bonds. The van der Waals surface area contributed by atoms with Gasteiger partial charge in [0, 0.05) is 23.5 Å². The van der Waals surface area contributed by atoms with Crippen LogP contribution in [0.2, 0.25) is 0 Å². The van der Waals surface area contributed by atoms with Crippen molar-refractivity contribution in [3.05, 3.63) is 76.5 Å². The Morgan fingerprint density at radius 2 is 1.69 bits per heavy atom. The third-order valence-corrected chi connectivity index (χ3v) is 5.38. The van der Waals surface area contributed by atoms with Crippen molar-refractivity contribution in [2.24, 2.45) is 0 Å². The number of nitrogens with one attached hydrogen (secondary N) is 1. The van der Waals surface area contributed by atoms with Crippen LogP contribution in [0.3, 0.4) is 0 Å². The monoisotopic (exact) mass is 416 g/mol. The fraction of sp³-hybridized carbons (Fsp3) is 0.273. The molecule has 4 nitrogen and oxygen atoms in total. The molecule has 1 aliphatic rings. The molecule has 0 saturated carbocycles. The van der Waals surface area contributed by atoms with E-state index in [1.807, 2.05) is 19.9 Å². The summed E-state index contributed by atoms with van der Waals surface area (Å²) in [5.74, 6) is 0.852. The Morgan fingerprint density at radius 3 is 2.41 bits per heavy atom. The zero-order valence-corrected chi connectivity index (χ0v) is 17.4. The van der Waals surface area contributed by atoms with E-state index in [0.717, 1.165) is 46.9 Å². The fourth-order valence-electron chi connectivity index (χ4n) is 3.70. The van der Waals surface area contributed by atoms with Crippen LogP contribution in [-0.2, 0) is 6.42 Å². The maximum atomic E-state index is 13.6. The summed E-state index contributed by atoms with van der Waals surface area (Å²) in [6.07, 6.45) is 0.765. The van der Waals surface area contributed by atoms with Crippen LogP contribution in [0.4, 0.5) is 26.2 Å². The molecular formula is C22H23ClF2N4. The van der Waals surface area contributed by atoms with Crippen LogP contribution in [0, 0.1) is 25.5 Å². The van der Waals surface area contributed by atoms with Gasteiger partial charge in [0.2, 0.25) is 5.95 Å². The molecule has 0 saturated heterocycles. The number of aryl methyl sites for hydroxylation is 1. The Labute approximate surface area is 175 Å². The van der Waals surface area contributed by atoms with Crippen LogP contribution in [0.25, 0.3) is 0 Å². The summed E-state index contributed by atoms with van der Waals surface area (Å²) in [5.41, 5.74) is 4.80. The molecule has 4 rings (SSSR count). The van der Waals surface area contributed by atoms with Gasteiger partial charge >= 0.3 is 0 Å². The van der Waals surface area contributed by atoms with Gasteiger partial charge in [-0.05, 0) is 74.7 Å². The van der Waals surface area contributed by atoms with E-state index in [2.05, 4.69) is 22.1 Å². The van der Waals surface area contributed by atoms with E-state index in [0.29, 0.717) is 5.95 Å². The summed E-state index contributed by atoms with van der Waals surface area (Å²) in [7, 11) is 0. The molecular weight excluding hydrogens is 394 g/mol. The molecule has 1 aromatic heterocycles. The SMILES string of the molecule is Cc1nc(Nc2ccc(F)cc2)nc(N2CCc3cc(F)ccc3C2C)c1C.Cl. The smallest absolute Gasteiger partial charge is 0.229 e. The number of benzene rings is 2. The lowest BCUT2D eigenvalue weighted by molar-refractivity contribution is 0.593. The summed E-state index contributed by atoms with van der Waals surface area (Å²) < 4.78 is 26.7. The third-order valence-electron chi connectivity index (χ3n) is 5.38. The van der Waals surface area contributed by atoms with E-state index in [4.69, 9.17) is 4.98 Å². The number of nitrogens with zero attached hydrogens (tertiary/aromatic N) is 3. The van der Waals surface area contributed by atoms with Crippen LogP contribution in [0.1, 0.15) is 35.3 Å². The molecule has 1 unspecified atom stereocenters. The van der Waals surface area contributed by atoms with Crippen molar-refractivity contribution in [3.8, 4) is 0 Å². The number of halogens is 3. The zero-order chi connectivity index (χ0) is 19.8. The largest absolute Gasteiger partial charge is 0.349 e. The van der Waals surface area contributed by atoms with Crippen LogP contribution in [-0.4, -0.2) is 16.5 Å². The third kappa shape index (κ3) is 4.17. The van der Waals surface area contributed by atoms with Crippen molar-refractivity contribution in [1.29, 1.82) is 0 Å². The van der Waals surface area contributed by atoms with Crippen molar-refractivity contribution >= 4 is 29.9 Å². The maximum Gasteiger partial charge on any atom is 0.229 e. The minimum Gasteiger partial charge on any atom is -0.349 e. The van der Waals surface area contributed by atoms with Gasteiger partial charge in [-0.2, -0.15) is 4.98 Å². The molecule has 7 heteroatoms. The molecule has 29 heavy (non-hydrogen) atoms. The highest BCUT2D eigenvalue weighted by Crippen LogP contribution is 2.35. The summed E-state index contributed by atoms with van der Waals surface area (Å²) in [4.78, 5) is 11.5. The van der Waals surface area contributed by atoms with Gasteiger partial charge in [-0.1, -0.05) is 6.07 Å². The fourth-order valence-corrected chi connectivity index (χ4v) is 3.70. The highest BCUT2D eigenvalue weighted by atomic mass is 35.5. The van der Waals surface area contributed by atoms with Crippen molar-refractivity contribution in [1.82, 2.24) is 9.97 Å². The van der Waals surface area contributed by atoms with Gasteiger partial charge in [-0.15, -0.1) is 12.4 Å². The minimum atomic E-state index is -0.288. The Balaban J connectivity index is 0.00000240. The zero-order valence-electron chi connectivity index (χ0n) is 16.5. The predicted molar refractivity (Wildman–Crippen MR) is 114 cm³/mol. The summed E-state index contributed by atoms with van der Waals surface area (Å²) in [6.45, 7) is 6.83. The van der Waals surface area contributed by atoms with E-state index in [1.54, 1.807) is 18.2 Å². The first-order valence-corrected chi connectivity index (χ1v) is 9.35. The Morgan fingerprint density at radius 1 is 1.00 bits per heavy atom. The van der Waals surface area contributed by atoms with Gasteiger partial charge in [0.05, 0.1) is 6.04 Å². The molecule has 0 bridgehead atoms. The van der Waals surface area contributed by atoms with E-state index < -0.39 is 0 Å². The summed E-state index contributed by atoms with van der Waals surface area (Å²) in [6, 6.07) is 11.2. The Hall–Kier alpha value is -2.73. The topological polar surface area (TPSA) is 41.1 Å². The van der Waals surface area contributed by atoms with Crippen LogP contribution < -0.4 is 10.2 Å². The average molecular weight is 417 g/mol. The van der Waals surface area contributed by atoms with Crippen LogP contribution in [0.15, 0.2) is 42.5 Å². The second-order valence-corrected chi connectivity index (χ2v) is 7.18. The number of aromatic nitrogens is 2. The second kappa shape index (κ2) is 8.33. The van der Waals surface area contributed by atoms with Gasteiger partial charge in [-0.3, -0.25) is 0 Å². The number of anilines is 3. The normalized spacial score (nSPS) is 15.5.